The number of benzene rings is 1. The Bertz CT molecular complexity index is 568. The maximum Gasteiger partial charge on any atom is 0.137 e. The molecule has 5 nitrogen and oxygen atoms in total. The van der Waals surface area contributed by atoms with Crippen molar-refractivity contribution in [2.75, 3.05) is 13.7 Å². The molecule has 0 spiro atoms. The molecule has 0 amide bonds. The second-order valence-electron chi connectivity index (χ2n) is 4.83. The molecule has 2 aromatic rings. The zero-order valence-electron chi connectivity index (χ0n) is 12.7. The van der Waals surface area contributed by atoms with Gasteiger partial charge >= 0.3 is 0 Å². The third-order valence-electron chi connectivity index (χ3n) is 3.38. The molecule has 2 rings (SSSR count). The van der Waals surface area contributed by atoms with Crippen molar-refractivity contribution < 1.29 is 14.6 Å². The zero-order chi connectivity index (χ0) is 15.2. The number of aromatic nitrogens is 2. The number of hydrogen-bond donors (Lipinski definition) is 1. The minimum Gasteiger partial charge on any atom is -0.497 e. The van der Waals surface area contributed by atoms with Crippen LogP contribution in [0.3, 0.4) is 0 Å². The Balaban J connectivity index is 2.12. The van der Waals surface area contributed by atoms with E-state index in [1.807, 2.05) is 48.9 Å². The fourth-order valence-corrected chi connectivity index (χ4v) is 2.30. The van der Waals surface area contributed by atoms with Crippen LogP contribution in [0.1, 0.15) is 37.4 Å². The molecule has 0 radical (unpaired) electrons. The Morgan fingerprint density at radius 2 is 2.19 bits per heavy atom. The predicted molar refractivity (Wildman–Crippen MR) is 80.2 cm³/mol. The molecule has 0 saturated carbocycles. The molecule has 0 aliphatic rings. The normalized spacial score (nSPS) is 13.9. The lowest BCUT2D eigenvalue weighted by Crippen LogP contribution is -2.14. The molecule has 0 aliphatic heterocycles. The third kappa shape index (κ3) is 3.83. The summed E-state index contributed by atoms with van der Waals surface area (Å²) in [6.07, 6.45) is 2.86. The molecule has 0 fully saturated rings. The molecule has 2 atom stereocenters. The zero-order valence-corrected chi connectivity index (χ0v) is 12.7. The van der Waals surface area contributed by atoms with E-state index in [9.17, 15) is 5.11 Å². The lowest BCUT2D eigenvalue weighted by atomic mass is 10.1. The maximum atomic E-state index is 10.4. The van der Waals surface area contributed by atoms with Gasteiger partial charge in [0.25, 0.3) is 0 Å². The minimum absolute atomic E-state index is 0.0949. The van der Waals surface area contributed by atoms with Gasteiger partial charge in [0, 0.05) is 19.0 Å². The smallest absolute Gasteiger partial charge is 0.137 e. The van der Waals surface area contributed by atoms with Crippen LogP contribution < -0.4 is 4.74 Å². The molecule has 1 aromatic heterocycles. The first kappa shape index (κ1) is 15.5. The van der Waals surface area contributed by atoms with Gasteiger partial charge in [-0.25, -0.2) is 4.98 Å². The number of aliphatic hydroxyl groups is 1. The monoisotopic (exact) mass is 290 g/mol. The van der Waals surface area contributed by atoms with Crippen LogP contribution in [-0.2, 0) is 11.3 Å². The van der Waals surface area contributed by atoms with Gasteiger partial charge in [-0.15, -0.1) is 0 Å². The van der Waals surface area contributed by atoms with E-state index in [4.69, 9.17) is 9.47 Å². The Kier molecular flexibility index (Phi) is 5.36. The summed E-state index contributed by atoms with van der Waals surface area (Å²) in [4.78, 5) is 4.32. The van der Waals surface area contributed by atoms with Crippen LogP contribution in [-0.4, -0.2) is 28.4 Å². The topological polar surface area (TPSA) is 56.5 Å². The van der Waals surface area contributed by atoms with Crippen LogP contribution in [0.15, 0.2) is 36.7 Å². The van der Waals surface area contributed by atoms with E-state index < -0.39 is 6.10 Å². The van der Waals surface area contributed by atoms with Crippen molar-refractivity contribution in [1.82, 2.24) is 9.55 Å². The van der Waals surface area contributed by atoms with E-state index in [0.717, 1.165) is 17.1 Å². The molecule has 1 aromatic carbocycles. The third-order valence-corrected chi connectivity index (χ3v) is 3.38. The van der Waals surface area contributed by atoms with Crippen LogP contribution in [0.25, 0.3) is 0 Å². The Labute approximate surface area is 125 Å². The second kappa shape index (κ2) is 7.24. The molecular weight excluding hydrogens is 268 g/mol. The lowest BCUT2D eigenvalue weighted by molar-refractivity contribution is 0.0644. The highest BCUT2D eigenvalue weighted by molar-refractivity contribution is 5.29. The van der Waals surface area contributed by atoms with E-state index >= 15 is 0 Å². The van der Waals surface area contributed by atoms with Crippen molar-refractivity contribution in [3.8, 4) is 5.75 Å². The van der Waals surface area contributed by atoms with Crippen molar-refractivity contribution in [3.63, 3.8) is 0 Å². The lowest BCUT2D eigenvalue weighted by Gasteiger charge is -2.17. The predicted octanol–water partition coefficient (Wildman–Crippen LogP) is 2.72. The van der Waals surface area contributed by atoms with Gasteiger partial charge in [0.2, 0.25) is 0 Å². The average molecular weight is 290 g/mol. The standard InChI is InChI=1S/C16H22N2O3/c1-4-21-12(2)16-17-8-9-18(16)11-15(19)13-6-5-7-14(10-13)20-3/h5-10,12,15,19H,4,11H2,1-3H3/t12-,15+/m1/s1. The second-order valence-corrected chi connectivity index (χ2v) is 4.83. The molecule has 1 N–H and O–H groups in total. The molecular formula is C16H22N2O3. The molecule has 0 bridgehead atoms. The van der Waals surface area contributed by atoms with Crippen molar-refractivity contribution in [2.45, 2.75) is 32.6 Å². The minimum atomic E-state index is -0.623. The first-order valence-corrected chi connectivity index (χ1v) is 7.10. The SMILES string of the molecule is CCO[C@H](C)c1nccn1C[C@H](O)c1cccc(OC)c1. The van der Waals surface area contributed by atoms with E-state index in [-0.39, 0.29) is 6.10 Å². The van der Waals surface area contributed by atoms with Gasteiger partial charge in [-0.05, 0) is 31.5 Å². The van der Waals surface area contributed by atoms with Gasteiger partial charge in [0.15, 0.2) is 0 Å². The number of nitrogens with zero attached hydrogens (tertiary/aromatic N) is 2. The van der Waals surface area contributed by atoms with Crippen LogP contribution >= 0.6 is 0 Å². The number of imidazole rings is 1. The van der Waals surface area contributed by atoms with E-state index in [1.54, 1.807) is 13.3 Å². The summed E-state index contributed by atoms with van der Waals surface area (Å²) in [5.41, 5.74) is 0.818. The van der Waals surface area contributed by atoms with Crippen molar-refractivity contribution in [3.05, 3.63) is 48.0 Å². The summed E-state index contributed by atoms with van der Waals surface area (Å²) in [6, 6.07) is 7.45. The number of methoxy groups -OCH3 is 1. The Hall–Kier alpha value is -1.85. The van der Waals surface area contributed by atoms with Gasteiger partial charge in [-0.2, -0.15) is 0 Å². The highest BCUT2D eigenvalue weighted by Gasteiger charge is 2.15. The van der Waals surface area contributed by atoms with Gasteiger partial charge in [0.1, 0.15) is 17.7 Å². The number of aliphatic hydroxyl groups excluding tert-OH is 1. The highest BCUT2D eigenvalue weighted by atomic mass is 16.5. The Morgan fingerprint density at radius 1 is 1.38 bits per heavy atom. The summed E-state index contributed by atoms with van der Waals surface area (Å²) in [5.74, 6) is 1.55. The summed E-state index contributed by atoms with van der Waals surface area (Å²) in [6.45, 7) is 4.97. The first-order valence-electron chi connectivity index (χ1n) is 7.10. The summed E-state index contributed by atoms with van der Waals surface area (Å²) < 4.78 is 12.7. The van der Waals surface area contributed by atoms with Crippen molar-refractivity contribution >= 4 is 0 Å². The highest BCUT2D eigenvalue weighted by Crippen LogP contribution is 2.22. The van der Waals surface area contributed by atoms with Gasteiger partial charge in [0.05, 0.1) is 19.8 Å². The fraction of sp³-hybridized carbons (Fsp3) is 0.438. The van der Waals surface area contributed by atoms with Crippen LogP contribution in [0.4, 0.5) is 0 Å². The fourth-order valence-electron chi connectivity index (χ4n) is 2.30. The van der Waals surface area contributed by atoms with E-state index in [0.29, 0.717) is 13.2 Å². The molecule has 1 heterocycles. The number of rotatable bonds is 7. The summed E-state index contributed by atoms with van der Waals surface area (Å²) in [5, 5.41) is 10.4. The number of ether oxygens (including phenoxy) is 2. The van der Waals surface area contributed by atoms with Crippen LogP contribution in [0, 0.1) is 0 Å². The van der Waals surface area contributed by atoms with Gasteiger partial charge in [-0.1, -0.05) is 12.1 Å². The summed E-state index contributed by atoms with van der Waals surface area (Å²) >= 11 is 0. The molecule has 0 aliphatic carbocycles. The quantitative estimate of drug-likeness (QED) is 0.852. The van der Waals surface area contributed by atoms with Crippen LogP contribution in [0.2, 0.25) is 0 Å². The van der Waals surface area contributed by atoms with Crippen LogP contribution in [0.5, 0.6) is 5.75 Å². The molecule has 21 heavy (non-hydrogen) atoms. The Morgan fingerprint density at radius 3 is 2.90 bits per heavy atom. The van der Waals surface area contributed by atoms with E-state index in [2.05, 4.69) is 4.98 Å². The van der Waals surface area contributed by atoms with Gasteiger partial charge < -0.3 is 19.1 Å². The van der Waals surface area contributed by atoms with Crippen molar-refractivity contribution in [2.24, 2.45) is 0 Å². The van der Waals surface area contributed by atoms with Crippen molar-refractivity contribution in [1.29, 1.82) is 0 Å². The number of hydrogen-bond acceptors (Lipinski definition) is 4. The maximum absolute atomic E-state index is 10.4. The van der Waals surface area contributed by atoms with E-state index in [1.165, 1.54) is 0 Å². The molecule has 0 unspecified atom stereocenters. The molecule has 0 saturated heterocycles. The summed E-state index contributed by atoms with van der Waals surface area (Å²) in [7, 11) is 1.61. The molecule has 5 heteroatoms. The molecule has 114 valence electrons. The van der Waals surface area contributed by atoms with Gasteiger partial charge in [-0.3, -0.25) is 0 Å². The average Bonchev–Trinajstić information content (AvgIpc) is 2.95. The largest absolute Gasteiger partial charge is 0.497 e. The first-order chi connectivity index (χ1) is 10.2.